The Bertz CT molecular complexity index is 193. The van der Waals surface area contributed by atoms with Crippen molar-refractivity contribution in [1.29, 1.82) is 0 Å². The van der Waals surface area contributed by atoms with E-state index in [1.165, 1.54) is 25.7 Å². The predicted molar refractivity (Wildman–Crippen MR) is 82.1 cm³/mol. The van der Waals surface area contributed by atoms with Crippen molar-refractivity contribution < 1.29 is 9.47 Å². The molecule has 3 heteroatoms. The summed E-state index contributed by atoms with van der Waals surface area (Å²) in [5, 5.41) is 3.27. The van der Waals surface area contributed by atoms with Gasteiger partial charge in [0.2, 0.25) is 0 Å². The zero-order valence-electron chi connectivity index (χ0n) is 12.7. The van der Waals surface area contributed by atoms with Gasteiger partial charge in [-0.25, -0.2) is 0 Å². The van der Waals surface area contributed by atoms with Gasteiger partial charge >= 0.3 is 0 Å². The van der Waals surface area contributed by atoms with E-state index in [1.54, 1.807) is 0 Å². The first-order valence-corrected chi connectivity index (χ1v) is 7.65. The highest BCUT2D eigenvalue weighted by molar-refractivity contribution is 4.73. The van der Waals surface area contributed by atoms with Crippen LogP contribution in [0.5, 0.6) is 0 Å². The number of allylic oxidation sites excluding steroid dienone is 2. The first-order valence-electron chi connectivity index (χ1n) is 7.65. The highest BCUT2D eigenvalue weighted by atomic mass is 16.5. The molecular weight excluding hydrogens is 238 g/mol. The Morgan fingerprint density at radius 3 is 1.68 bits per heavy atom. The smallest absolute Gasteiger partial charge is 0.0997 e. The number of unbranched alkanes of at least 4 members (excludes halogenated alkanes) is 4. The second-order valence-electron chi connectivity index (χ2n) is 4.52. The molecule has 0 spiro atoms. The maximum atomic E-state index is 5.35. The minimum absolute atomic E-state index is 0.717. The Kier molecular flexibility index (Phi) is 16.2. The second kappa shape index (κ2) is 17.0. The zero-order chi connectivity index (χ0) is 14.0. The number of hydrogen-bond acceptors (Lipinski definition) is 3. The lowest BCUT2D eigenvalue weighted by Gasteiger charge is -2.04. The summed E-state index contributed by atoms with van der Waals surface area (Å²) in [4.78, 5) is 0. The van der Waals surface area contributed by atoms with Crippen LogP contribution in [0.1, 0.15) is 52.4 Å². The van der Waals surface area contributed by atoms with Crippen LogP contribution in [0.2, 0.25) is 0 Å². The Morgan fingerprint density at radius 2 is 1.26 bits per heavy atom. The summed E-state index contributed by atoms with van der Waals surface area (Å²) in [6, 6.07) is 0. The van der Waals surface area contributed by atoms with Crippen LogP contribution in [0.15, 0.2) is 24.7 Å². The van der Waals surface area contributed by atoms with Gasteiger partial charge in [0.05, 0.1) is 25.7 Å². The highest BCUT2D eigenvalue weighted by Gasteiger charge is 1.87. The number of nitrogens with one attached hydrogen (secondary N) is 1. The fourth-order valence-corrected chi connectivity index (χ4v) is 1.44. The van der Waals surface area contributed by atoms with Gasteiger partial charge in [0, 0.05) is 13.1 Å². The van der Waals surface area contributed by atoms with Crippen molar-refractivity contribution in [2.24, 2.45) is 0 Å². The molecule has 0 aromatic heterocycles. The van der Waals surface area contributed by atoms with E-state index in [9.17, 15) is 0 Å². The molecule has 0 saturated heterocycles. The molecule has 0 unspecified atom stereocenters. The van der Waals surface area contributed by atoms with Crippen LogP contribution in [-0.4, -0.2) is 26.3 Å². The largest absolute Gasteiger partial charge is 0.500 e. The van der Waals surface area contributed by atoms with Crippen molar-refractivity contribution in [2.75, 3.05) is 26.3 Å². The molecule has 112 valence electrons. The molecule has 0 aliphatic carbocycles. The standard InChI is InChI=1S/C16H31NO2/c1-3-5-7-9-13-18-15-11-17-12-16-19-14-10-8-6-4-2/h9-10,13-14,17H,3-8,11-12,15-16H2,1-2H3. The molecule has 0 radical (unpaired) electrons. The lowest BCUT2D eigenvalue weighted by atomic mass is 10.2. The second-order valence-corrected chi connectivity index (χ2v) is 4.52. The van der Waals surface area contributed by atoms with Crippen molar-refractivity contribution in [2.45, 2.75) is 52.4 Å². The summed E-state index contributed by atoms with van der Waals surface area (Å²) in [5.41, 5.74) is 0. The minimum Gasteiger partial charge on any atom is -0.500 e. The highest BCUT2D eigenvalue weighted by Crippen LogP contribution is 1.95. The first kappa shape index (κ1) is 18.0. The van der Waals surface area contributed by atoms with Gasteiger partial charge in [0.25, 0.3) is 0 Å². The van der Waals surface area contributed by atoms with Gasteiger partial charge in [0.15, 0.2) is 0 Å². The SMILES string of the molecule is CCCCC=COCCNCCOC=CCCCC. The summed E-state index contributed by atoms with van der Waals surface area (Å²) >= 11 is 0. The van der Waals surface area contributed by atoms with Crippen molar-refractivity contribution in [3.05, 3.63) is 24.7 Å². The van der Waals surface area contributed by atoms with Gasteiger partial charge in [-0.2, -0.15) is 0 Å². The van der Waals surface area contributed by atoms with Gasteiger partial charge in [0.1, 0.15) is 0 Å². The van der Waals surface area contributed by atoms with Gasteiger partial charge in [-0.1, -0.05) is 26.7 Å². The normalized spacial score (nSPS) is 11.5. The Hall–Kier alpha value is -0.960. The molecule has 0 atom stereocenters. The molecule has 0 aliphatic rings. The first-order chi connectivity index (χ1) is 9.41. The summed E-state index contributed by atoms with van der Waals surface area (Å²) < 4.78 is 10.7. The molecule has 0 saturated carbocycles. The van der Waals surface area contributed by atoms with E-state index in [2.05, 4.69) is 31.3 Å². The average Bonchev–Trinajstić information content (AvgIpc) is 2.43. The van der Waals surface area contributed by atoms with Gasteiger partial charge in [-0.3, -0.25) is 0 Å². The van der Waals surface area contributed by atoms with Crippen LogP contribution in [0.25, 0.3) is 0 Å². The topological polar surface area (TPSA) is 30.5 Å². The van der Waals surface area contributed by atoms with E-state index in [4.69, 9.17) is 9.47 Å². The van der Waals surface area contributed by atoms with Crippen LogP contribution in [0.4, 0.5) is 0 Å². The Balaban J connectivity index is 3.06. The Morgan fingerprint density at radius 1 is 0.789 bits per heavy atom. The van der Waals surface area contributed by atoms with E-state index in [0.717, 1.165) is 39.1 Å². The monoisotopic (exact) mass is 269 g/mol. The Labute approximate surface area is 119 Å². The number of rotatable bonds is 14. The van der Waals surface area contributed by atoms with Crippen LogP contribution in [-0.2, 0) is 9.47 Å². The number of hydrogen-bond donors (Lipinski definition) is 1. The molecule has 3 nitrogen and oxygen atoms in total. The fourth-order valence-electron chi connectivity index (χ4n) is 1.44. The molecule has 0 amide bonds. The van der Waals surface area contributed by atoms with E-state index in [-0.39, 0.29) is 0 Å². The maximum Gasteiger partial charge on any atom is 0.0997 e. The summed E-state index contributed by atoms with van der Waals surface area (Å²) in [5.74, 6) is 0. The third-order valence-corrected chi connectivity index (χ3v) is 2.63. The summed E-state index contributed by atoms with van der Waals surface area (Å²) in [7, 11) is 0. The third kappa shape index (κ3) is 17.0. The maximum absolute atomic E-state index is 5.35. The van der Waals surface area contributed by atoms with Gasteiger partial charge in [-0.05, 0) is 37.8 Å². The molecule has 0 aromatic rings. The fraction of sp³-hybridized carbons (Fsp3) is 0.750. The molecule has 0 rings (SSSR count). The number of ether oxygens (including phenoxy) is 2. The molecule has 0 aliphatic heterocycles. The average molecular weight is 269 g/mol. The molecule has 19 heavy (non-hydrogen) atoms. The van der Waals surface area contributed by atoms with E-state index in [0.29, 0.717) is 0 Å². The molecule has 1 N–H and O–H groups in total. The quantitative estimate of drug-likeness (QED) is 0.382. The summed E-state index contributed by atoms with van der Waals surface area (Å²) in [6.45, 7) is 7.55. The van der Waals surface area contributed by atoms with Crippen molar-refractivity contribution >= 4 is 0 Å². The lowest BCUT2D eigenvalue weighted by molar-refractivity contribution is 0.226. The van der Waals surface area contributed by atoms with Crippen LogP contribution in [0.3, 0.4) is 0 Å². The van der Waals surface area contributed by atoms with Gasteiger partial charge in [-0.15, -0.1) is 0 Å². The predicted octanol–water partition coefficient (Wildman–Crippen LogP) is 4.02. The van der Waals surface area contributed by atoms with E-state index < -0.39 is 0 Å². The van der Waals surface area contributed by atoms with Crippen molar-refractivity contribution in [3.8, 4) is 0 Å². The molecule has 0 aromatic carbocycles. The summed E-state index contributed by atoms with van der Waals surface area (Å²) in [6.07, 6.45) is 15.0. The van der Waals surface area contributed by atoms with Crippen molar-refractivity contribution in [3.63, 3.8) is 0 Å². The van der Waals surface area contributed by atoms with E-state index >= 15 is 0 Å². The van der Waals surface area contributed by atoms with Crippen molar-refractivity contribution in [1.82, 2.24) is 5.32 Å². The molecular formula is C16H31NO2. The zero-order valence-corrected chi connectivity index (χ0v) is 12.7. The van der Waals surface area contributed by atoms with E-state index in [1.807, 2.05) is 12.5 Å². The molecule has 0 bridgehead atoms. The van der Waals surface area contributed by atoms with Gasteiger partial charge < -0.3 is 14.8 Å². The third-order valence-electron chi connectivity index (χ3n) is 2.63. The van der Waals surface area contributed by atoms with Crippen LogP contribution in [0, 0.1) is 0 Å². The lowest BCUT2D eigenvalue weighted by Crippen LogP contribution is -2.22. The van der Waals surface area contributed by atoms with Crippen LogP contribution >= 0.6 is 0 Å². The van der Waals surface area contributed by atoms with Crippen LogP contribution < -0.4 is 5.32 Å². The minimum atomic E-state index is 0.717. The molecule has 0 fully saturated rings. The molecule has 0 heterocycles.